The molecule has 1 aromatic carbocycles. The molecule has 0 saturated heterocycles. The number of hydrogen-bond donors (Lipinski definition) is 2. The molecule has 1 aromatic heterocycles. The second-order valence-corrected chi connectivity index (χ2v) is 6.19. The van der Waals surface area contributed by atoms with Crippen molar-refractivity contribution in [2.75, 3.05) is 6.61 Å². The molecule has 0 aliphatic carbocycles. The lowest BCUT2D eigenvalue weighted by molar-refractivity contribution is -0.123. The predicted octanol–water partition coefficient (Wildman–Crippen LogP) is 2.71. The number of aryl methyl sites for hydroxylation is 2. The number of nitrogens with zero attached hydrogens (tertiary/aromatic N) is 1. The van der Waals surface area contributed by atoms with Gasteiger partial charge in [-0.15, -0.1) is 11.3 Å². The van der Waals surface area contributed by atoms with Crippen LogP contribution in [0.2, 0.25) is 0 Å². The maximum atomic E-state index is 11.9. The predicted molar refractivity (Wildman–Crippen MR) is 87.0 cm³/mol. The highest BCUT2D eigenvalue weighted by Crippen LogP contribution is 2.23. The van der Waals surface area contributed by atoms with E-state index in [0.29, 0.717) is 16.5 Å². The summed E-state index contributed by atoms with van der Waals surface area (Å²) in [5.74, 6) is -0.674. The molecule has 0 radical (unpaired) electrons. The molecule has 122 valence electrons. The molecule has 7 heteroatoms. The Kier molecular flexibility index (Phi) is 5.33. The van der Waals surface area contributed by atoms with Gasteiger partial charge in [-0.1, -0.05) is 17.7 Å². The van der Waals surface area contributed by atoms with Crippen LogP contribution < -0.4 is 10.1 Å². The van der Waals surface area contributed by atoms with E-state index >= 15 is 0 Å². The second-order valence-electron chi connectivity index (χ2n) is 5.16. The van der Waals surface area contributed by atoms with Gasteiger partial charge in [0, 0.05) is 0 Å². The van der Waals surface area contributed by atoms with Crippen LogP contribution in [0.25, 0.3) is 0 Å². The molecule has 0 fully saturated rings. The summed E-state index contributed by atoms with van der Waals surface area (Å²) in [5.41, 5.74) is 1.57. The monoisotopic (exact) mass is 334 g/mol. The largest absolute Gasteiger partial charge is 0.484 e. The summed E-state index contributed by atoms with van der Waals surface area (Å²) in [6, 6.07) is 7.04. The molecule has 2 aromatic rings. The number of carboxylic acid groups (broad SMARTS) is 1. The summed E-state index contributed by atoms with van der Waals surface area (Å²) in [7, 11) is 0. The molecule has 0 aliphatic heterocycles. The standard InChI is InChI=1S/C16H18N2O4S/c1-9-4-6-12(7-5-9)22-8-13(19)17-11(3)15-18-10(2)14(23-15)16(20)21/h4-7,11H,8H2,1-3H3,(H,17,19)(H,20,21). The van der Waals surface area contributed by atoms with E-state index in [1.807, 2.05) is 19.1 Å². The van der Waals surface area contributed by atoms with Crippen LogP contribution in [0, 0.1) is 13.8 Å². The molecule has 1 amide bonds. The third-order valence-corrected chi connectivity index (χ3v) is 4.47. The van der Waals surface area contributed by atoms with E-state index in [-0.39, 0.29) is 23.4 Å². The fourth-order valence-electron chi connectivity index (χ4n) is 1.93. The van der Waals surface area contributed by atoms with Crippen LogP contribution in [0.3, 0.4) is 0 Å². The van der Waals surface area contributed by atoms with E-state index in [9.17, 15) is 9.59 Å². The topological polar surface area (TPSA) is 88.5 Å². The van der Waals surface area contributed by atoms with Crippen LogP contribution in [0.15, 0.2) is 24.3 Å². The smallest absolute Gasteiger partial charge is 0.347 e. The summed E-state index contributed by atoms with van der Waals surface area (Å²) in [4.78, 5) is 27.3. The van der Waals surface area contributed by atoms with Gasteiger partial charge in [0.25, 0.3) is 5.91 Å². The average Bonchev–Trinajstić information content (AvgIpc) is 2.89. The number of hydrogen-bond acceptors (Lipinski definition) is 5. The Labute approximate surface area is 138 Å². The minimum Gasteiger partial charge on any atom is -0.484 e. The highest BCUT2D eigenvalue weighted by Gasteiger charge is 2.19. The summed E-state index contributed by atoms with van der Waals surface area (Å²) in [6.07, 6.45) is 0. The zero-order valence-electron chi connectivity index (χ0n) is 13.1. The first-order chi connectivity index (χ1) is 10.9. The molecule has 1 atom stereocenters. The number of aromatic nitrogens is 1. The van der Waals surface area contributed by atoms with E-state index in [2.05, 4.69) is 10.3 Å². The van der Waals surface area contributed by atoms with Crippen molar-refractivity contribution in [1.82, 2.24) is 10.3 Å². The van der Waals surface area contributed by atoms with Crippen LogP contribution in [-0.4, -0.2) is 28.6 Å². The van der Waals surface area contributed by atoms with Gasteiger partial charge in [-0.2, -0.15) is 0 Å². The molecule has 0 spiro atoms. The number of thiazole rings is 1. The maximum absolute atomic E-state index is 11.9. The molecule has 2 N–H and O–H groups in total. The molecule has 1 unspecified atom stereocenters. The van der Waals surface area contributed by atoms with Gasteiger partial charge in [-0.25, -0.2) is 9.78 Å². The van der Waals surface area contributed by atoms with E-state index in [0.717, 1.165) is 16.9 Å². The van der Waals surface area contributed by atoms with Crippen molar-refractivity contribution >= 4 is 23.2 Å². The SMILES string of the molecule is Cc1ccc(OCC(=O)NC(C)c2nc(C)c(C(=O)O)s2)cc1. The van der Waals surface area contributed by atoms with Crippen LogP contribution in [0.5, 0.6) is 5.75 Å². The van der Waals surface area contributed by atoms with Crippen molar-refractivity contribution in [3.05, 3.63) is 45.4 Å². The first-order valence-electron chi connectivity index (χ1n) is 7.06. The van der Waals surface area contributed by atoms with Crippen molar-refractivity contribution in [3.8, 4) is 5.75 Å². The Morgan fingerprint density at radius 1 is 1.30 bits per heavy atom. The van der Waals surface area contributed by atoms with Gasteiger partial charge in [0.1, 0.15) is 15.6 Å². The van der Waals surface area contributed by atoms with Crippen molar-refractivity contribution in [2.45, 2.75) is 26.8 Å². The number of carboxylic acids is 1. The first kappa shape index (κ1) is 17.0. The van der Waals surface area contributed by atoms with E-state index in [1.165, 1.54) is 0 Å². The Hall–Kier alpha value is -2.41. The number of nitrogens with one attached hydrogen (secondary N) is 1. The Balaban J connectivity index is 1.90. The Morgan fingerprint density at radius 2 is 1.96 bits per heavy atom. The van der Waals surface area contributed by atoms with Crippen LogP contribution in [-0.2, 0) is 4.79 Å². The van der Waals surface area contributed by atoms with Crippen LogP contribution in [0.1, 0.15) is 38.9 Å². The summed E-state index contributed by atoms with van der Waals surface area (Å²) < 4.78 is 5.40. The highest BCUT2D eigenvalue weighted by molar-refractivity contribution is 7.13. The molecule has 1 heterocycles. The zero-order valence-corrected chi connectivity index (χ0v) is 13.9. The van der Waals surface area contributed by atoms with Gasteiger partial charge >= 0.3 is 5.97 Å². The number of aromatic carboxylic acids is 1. The van der Waals surface area contributed by atoms with Crippen LogP contribution >= 0.6 is 11.3 Å². The fraction of sp³-hybridized carbons (Fsp3) is 0.312. The lowest BCUT2D eigenvalue weighted by Gasteiger charge is -2.12. The van der Waals surface area contributed by atoms with Crippen molar-refractivity contribution in [2.24, 2.45) is 0 Å². The van der Waals surface area contributed by atoms with Gasteiger partial charge < -0.3 is 15.2 Å². The number of rotatable bonds is 6. The molecule has 0 bridgehead atoms. The van der Waals surface area contributed by atoms with E-state index in [1.54, 1.807) is 26.0 Å². The molecule has 0 saturated carbocycles. The third kappa shape index (κ3) is 4.53. The van der Waals surface area contributed by atoms with Gasteiger partial charge in [-0.05, 0) is 32.9 Å². The minimum atomic E-state index is -1.01. The minimum absolute atomic E-state index is 0.108. The summed E-state index contributed by atoms with van der Waals surface area (Å²) in [6.45, 7) is 5.26. The lowest BCUT2D eigenvalue weighted by Crippen LogP contribution is -2.31. The Morgan fingerprint density at radius 3 is 2.52 bits per heavy atom. The highest BCUT2D eigenvalue weighted by atomic mass is 32.1. The van der Waals surface area contributed by atoms with Gasteiger partial charge in [0.15, 0.2) is 6.61 Å². The molecule has 23 heavy (non-hydrogen) atoms. The molecular weight excluding hydrogens is 316 g/mol. The molecule has 0 aliphatic rings. The number of carbonyl (C=O) groups excluding carboxylic acids is 1. The zero-order chi connectivity index (χ0) is 17.0. The van der Waals surface area contributed by atoms with Crippen molar-refractivity contribution < 1.29 is 19.4 Å². The van der Waals surface area contributed by atoms with Gasteiger partial charge in [0.2, 0.25) is 0 Å². The fourth-order valence-corrected chi connectivity index (χ4v) is 2.84. The molecule has 2 rings (SSSR count). The normalized spacial score (nSPS) is 11.8. The van der Waals surface area contributed by atoms with Crippen LogP contribution in [0.4, 0.5) is 0 Å². The lowest BCUT2D eigenvalue weighted by atomic mass is 10.2. The second kappa shape index (κ2) is 7.23. The summed E-state index contributed by atoms with van der Waals surface area (Å²) in [5, 5.41) is 12.3. The van der Waals surface area contributed by atoms with Crippen molar-refractivity contribution in [1.29, 1.82) is 0 Å². The van der Waals surface area contributed by atoms with E-state index < -0.39 is 5.97 Å². The van der Waals surface area contributed by atoms with E-state index in [4.69, 9.17) is 9.84 Å². The van der Waals surface area contributed by atoms with Gasteiger partial charge in [-0.3, -0.25) is 4.79 Å². The number of benzene rings is 1. The number of carbonyl (C=O) groups is 2. The maximum Gasteiger partial charge on any atom is 0.347 e. The first-order valence-corrected chi connectivity index (χ1v) is 7.88. The number of amides is 1. The molecular formula is C16H18N2O4S. The number of ether oxygens (including phenoxy) is 1. The summed E-state index contributed by atoms with van der Waals surface area (Å²) >= 11 is 1.07. The quantitative estimate of drug-likeness (QED) is 0.848. The molecule has 6 nitrogen and oxygen atoms in total. The van der Waals surface area contributed by atoms with Gasteiger partial charge in [0.05, 0.1) is 11.7 Å². The third-order valence-electron chi connectivity index (χ3n) is 3.15. The Bertz CT molecular complexity index is 709. The van der Waals surface area contributed by atoms with Crippen molar-refractivity contribution in [3.63, 3.8) is 0 Å². The average molecular weight is 334 g/mol.